The van der Waals surface area contributed by atoms with Crippen molar-refractivity contribution in [3.8, 4) is 0 Å². The molecule has 9 heteroatoms. The molecule has 27 heavy (non-hydrogen) atoms. The summed E-state index contributed by atoms with van der Waals surface area (Å²) in [7, 11) is -3.53. The van der Waals surface area contributed by atoms with Crippen molar-refractivity contribution in [2.45, 2.75) is 23.0 Å². The van der Waals surface area contributed by atoms with Crippen molar-refractivity contribution in [1.29, 1.82) is 0 Å². The molecular formula is C18H21ClN2O3S3. The third-order valence-electron chi connectivity index (χ3n) is 4.57. The lowest BCUT2D eigenvalue weighted by Crippen LogP contribution is -2.50. The summed E-state index contributed by atoms with van der Waals surface area (Å²) in [4.78, 5) is 15.3. The highest BCUT2D eigenvalue weighted by Gasteiger charge is 2.31. The van der Waals surface area contributed by atoms with Crippen molar-refractivity contribution < 1.29 is 13.2 Å². The van der Waals surface area contributed by atoms with Crippen molar-refractivity contribution >= 4 is 50.6 Å². The first-order valence-corrected chi connectivity index (χ1v) is 12.1. The van der Waals surface area contributed by atoms with E-state index in [0.717, 1.165) is 16.2 Å². The van der Waals surface area contributed by atoms with Crippen LogP contribution in [0.25, 0.3) is 0 Å². The van der Waals surface area contributed by atoms with Crippen LogP contribution in [0.5, 0.6) is 0 Å². The zero-order chi connectivity index (χ0) is 19.6. The zero-order valence-corrected chi connectivity index (χ0v) is 18.3. The van der Waals surface area contributed by atoms with Gasteiger partial charge in [-0.1, -0.05) is 17.7 Å². The van der Waals surface area contributed by atoms with Gasteiger partial charge in [0.25, 0.3) is 10.0 Å². The van der Waals surface area contributed by atoms with Crippen LogP contribution in [0.1, 0.15) is 11.1 Å². The fraction of sp³-hybridized carbons (Fsp3) is 0.389. The number of aryl methyl sites for hydroxylation is 2. The first-order chi connectivity index (χ1) is 12.8. The van der Waals surface area contributed by atoms with Crippen LogP contribution in [0.3, 0.4) is 0 Å². The van der Waals surface area contributed by atoms with Crippen molar-refractivity contribution in [2.24, 2.45) is 0 Å². The number of thioether (sulfide) groups is 1. The van der Waals surface area contributed by atoms with Crippen LogP contribution in [0.2, 0.25) is 4.34 Å². The molecule has 1 aliphatic rings. The second-order valence-corrected chi connectivity index (χ2v) is 11.3. The number of benzene rings is 1. The van der Waals surface area contributed by atoms with E-state index in [4.69, 9.17) is 11.6 Å². The Morgan fingerprint density at radius 3 is 2.41 bits per heavy atom. The maximum absolute atomic E-state index is 12.6. The number of carbonyl (C=O) groups is 1. The highest BCUT2D eigenvalue weighted by molar-refractivity contribution is 8.00. The van der Waals surface area contributed by atoms with Crippen LogP contribution >= 0.6 is 34.7 Å². The lowest BCUT2D eigenvalue weighted by atomic mass is 10.1. The molecule has 0 bridgehead atoms. The van der Waals surface area contributed by atoms with Crippen LogP contribution in [0.4, 0.5) is 0 Å². The number of nitrogens with zero attached hydrogens (tertiary/aromatic N) is 2. The van der Waals surface area contributed by atoms with Gasteiger partial charge in [0, 0.05) is 31.1 Å². The highest BCUT2D eigenvalue weighted by Crippen LogP contribution is 2.29. The smallest absolute Gasteiger partial charge is 0.252 e. The van der Waals surface area contributed by atoms with E-state index in [9.17, 15) is 13.2 Å². The normalized spacial score (nSPS) is 15.9. The predicted octanol–water partition coefficient (Wildman–Crippen LogP) is 3.64. The van der Waals surface area contributed by atoms with Gasteiger partial charge in [0.05, 0.1) is 10.1 Å². The number of rotatable bonds is 5. The van der Waals surface area contributed by atoms with Crippen molar-refractivity contribution in [3.63, 3.8) is 0 Å². The summed E-state index contributed by atoms with van der Waals surface area (Å²) in [5, 5.41) is 0. The van der Waals surface area contributed by atoms with Gasteiger partial charge >= 0.3 is 0 Å². The maximum Gasteiger partial charge on any atom is 0.252 e. The molecule has 0 N–H and O–H groups in total. The molecule has 0 radical (unpaired) electrons. The Balaban J connectivity index is 1.54. The van der Waals surface area contributed by atoms with Gasteiger partial charge in [-0.3, -0.25) is 4.79 Å². The molecule has 3 rings (SSSR count). The minimum atomic E-state index is -3.53. The number of sulfonamides is 1. The van der Waals surface area contributed by atoms with Crippen molar-refractivity contribution in [3.05, 3.63) is 45.8 Å². The van der Waals surface area contributed by atoms with Gasteiger partial charge in [-0.15, -0.1) is 23.1 Å². The fourth-order valence-electron chi connectivity index (χ4n) is 2.78. The molecule has 5 nitrogen and oxygen atoms in total. The first-order valence-electron chi connectivity index (χ1n) is 8.50. The van der Waals surface area contributed by atoms with Gasteiger partial charge < -0.3 is 4.90 Å². The lowest BCUT2D eigenvalue weighted by molar-refractivity contribution is -0.129. The molecule has 146 valence electrons. The molecule has 1 fully saturated rings. The molecule has 0 aliphatic carbocycles. The molecule has 2 aromatic rings. The number of carbonyl (C=O) groups excluding carboxylic acids is 1. The molecule has 0 atom stereocenters. The Bertz CT molecular complexity index is 935. The summed E-state index contributed by atoms with van der Waals surface area (Å²) in [6, 6.07) is 9.28. The second-order valence-electron chi connectivity index (χ2n) is 6.38. The average Bonchev–Trinajstić information content (AvgIpc) is 3.10. The summed E-state index contributed by atoms with van der Waals surface area (Å²) in [5.41, 5.74) is 2.44. The van der Waals surface area contributed by atoms with Crippen molar-refractivity contribution in [1.82, 2.24) is 9.21 Å². The summed E-state index contributed by atoms with van der Waals surface area (Å²) in [6.45, 7) is 5.54. The minimum absolute atomic E-state index is 0.0365. The van der Waals surface area contributed by atoms with E-state index in [1.165, 1.54) is 33.3 Å². The Hall–Kier alpha value is -1.06. The number of amides is 1. The summed E-state index contributed by atoms with van der Waals surface area (Å²) < 4.78 is 27.4. The second kappa shape index (κ2) is 8.53. The molecular weight excluding hydrogens is 424 g/mol. The largest absolute Gasteiger partial charge is 0.339 e. The Morgan fingerprint density at radius 1 is 1.11 bits per heavy atom. The van der Waals surface area contributed by atoms with E-state index >= 15 is 0 Å². The standard InChI is InChI=1S/C18H21ClN2O3S3/c1-13-3-4-15(11-14(13)2)25-12-17(22)20-7-9-21(10-8-20)27(23,24)18-6-5-16(19)26-18/h3-6,11H,7-10,12H2,1-2H3. The van der Waals surface area contributed by atoms with Crippen molar-refractivity contribution in [2.75, 3.05) is 31.9 Å². The third-order valence-corrected chi connectivity index (χ3v) is 9.15. The topological polar surface area (TPSA) is 57.7 Å². The van der Waals surface area contributed by atoms with E-state index in [-0.39, 0.29) is 10.1 Å². The van der Waals surface area contributed by atoms with E-state index in [1.807, 2.05) is 6.07 Å². The molecule has 1 aromatic heterocycles. The molecule has 0 saturated carbocycles. The summed E-state index contributed by atoms with van der Waals surface area (Å²) >= 11 is 8.42. The lowest BCUT2D eigenvalue weighted by Gasteiger charge is -2.33. The molecule has 1 aromatic carbocycles. The number of hydrogen-bond donors (Lipinski definition) is 0. The Kier molecular flexibility index (Phi) is 6.53. The van der Waals surface area contributed by atoms with Crippen LogP contribution in [-0.4, -0.2) is 55.5 Å². The molecule has 0 unspecified atom stereocenters. The van der Waals surface area contributed by atoms with E-state index in [0.29, 0.717) is 36.3 Å². The van der Waals surface area contributed by atoms with E-state index < -0.39 is 10.0 Å². The van der Waals surface area contributed by atoms with Crippen LogP contribution in [-0.2, 0) is 14.8 Å². The quantitative estimate of drug-likeness (QED) is 0.660. The van der Waals surface area contributed by atoms with Gasteiger partial charge in [-0.2, -0.15) is 4.31 Å². The van der Waals surface area contributed by atoms with Crippen LogP contribution in [0.15, 0.2) is 39.4 Å². The monoisotopic (exact) mass is 444 g/mol. The van der Waals surface area contributed by atoms with Gasteiger partial charge in [-0.25, -0.2) is 8.42 Å². The zero-order valence-electron chi connectivity index (χ0n) is 15.1. The fourth-order valence-corrected chi connectivity index (χ4v) is 6.74. The van der Waals surface area contributed by atoms with Crippen LogP contribution in [0, 0.1) is 13.8 Å². The van der Waals surface area contributed by atoms with Gasteiger partial charge in [0.15, 0.2) is 0 Å². The SMILES string of the molecule is Cc1ccc(SCC(=O)N2CCN(S(=O)(=O)c3ccc(Cl)s3)CC2)cc1C. The highest BCUT2D eigenvalue weighted by atomic mass is 35.5. The molecule has 1 saturated heterocycles. The number of halogens is 1. The van der Waals surface area contributed by atoms with Gasteiger partial charge in [0.1, 0.15) is 4.21 Å². The summed E-state index contributed by atoms with van der Waals surface area (Å²) in [5.74, 6) is 0.393. The summed E-state index contributed by atoms with van der Waals surface area (Å²) in [6.07, 6.45) is 0. The van der Waals surface area contributed by atoms with Crippen LogP contribution < -0.4 is 0 Å². The predicted molar refractivity (Wildman–Crippen MR) is 111 cm³/mol. The first kappa shape index (κ1) is 20.7. The third kappa shape index (κ3) is 4.86. The van der Waals surface area contributed by atoms with E-state index in [1.54, 1.807) is 11.0 Å². The molecule has 2 heterocycles. The maximum atomic E-state index is 12.6. The average molecular weight is 445 g/mol. The number of hydrogen-bond acceptors (Lipinski definition) is 5. The van der Waals surface area contributed by atoms with Gasteiger partial charge in [0.2, 0.25) is 5.91 Å². The minimum Gasteiger partial charge on any atom is -0.339 e. The van der Waals surface area contributed by atoms with Gasteiger partial charge in [-0.05, 0) is 49.2 Å². The molecule has 0 spiro atoms. The van der Waals surface area contributed by atoms with E-state index in [2.05, 4.69) is 26.0 Å². The number of thiophene rings is 1. The molecule has 1 aliphatic heterocycles. The molecule has 1 amide bonds. The Morgan fingerprint density at radius 2 is 1.81 bits per heavy atom. The number of piperazine rings is 1. The Labute approximate surface area is 173 Å².